The number of hydrogen-bond acceptors (Lipinski definition) is 4. The number of hydrogen-bond donors (Lipinski definition) is 2. The topological polar surface area (TPSA) is 87.3 Å². The summed E-state index contributed by atoms with van der Waals surface area (Å²) in [5.41, 5.74) is 0. The quantitative estimate of drug-likeness (QED) is 0.253. The summed E-state index contributed by atoms with van der Waals surface area (Å²) in [5, 5.41) is 29.0. The van der Waals surface area contributed by atoms with Crippen LogP contribution in [0, 0.1) is 11.8 Å². The Morgan fingerprint density at radius 1 is 1.25 bits per heavy atom. The number of rotatable bonds is 0. The van der Waals surface area contributed by atoms with Crippen LogP contribution in [0.25, 0.3) is 0 Å². The van der Waals surface area contributed by atoms with Gasteiger partial charge in [0.05, 0.1) is 0 Å². The van der Waals surface area contributed by atoms with Gasteiger partial charge in [-0.1, -0.05) is 0 Å². The van der Waals surface area contributed by atoms with Crippen molar-refractivity contribution in [3.8, 4) is 0 Å². The summed E-state index contributed by atoms with van der Waals surface area (Å²) in [6.07, 6.45) is 0. The van der Waals surface area contributed by atoms with Crippen LogP contribution in [0.2, 0.25) is 0 Å². The predicted octanol–water partition coefficient (Wildman–Crippen LogP) is -8.58. The Kier molecular flexibility index (Phi) is 67.3. The fraction of sp³-hybridized carbons (Fsp3) is 0. The van der Waals surface area contributed by atoms with Crippen LogP contribution < -0.4 is 64.1 Å². The van der Waals surface area contributed by atoms with Gasteiger partial charge in [0.1, 0.15) is 0 Å². The van der Waals surface area contributed by atoms with E-state index in [0.717, 1.165) is 0 Å². The van der Waals surface area contributed by atoms with E-state index in [2.05, 4.69) is 0 Å². The van der Waals surface area contributed by atoms with Gasteiger partial charge in [0.25, 0.3) is 0 Å². The van der Waals surface area contributed by atoms with Crippen molar-refractivity contribution in [2.45, 2.75) is 0 Å². The molecule has 0 aliphatic rings. The molecule has 0 amide bonds. The average molecular weight is 133 g/mol. The van der Waals surface area contributed by atoms with Crippen LogP contribution in [0.5, 0.6) is 0 Å². The second-order valence-electron chi connectivity index (χ2n) is 0.326. The van der Waals surface area contributed by atoms with Gasteiger partial charge < -0.3 is 26.9 Å². The summed E-state index contributed by atoms with van der Waals surface area (Å²) in [7, 11) is -2.42. The maximum absolute atomic E-state index is 8.64. The molecule has 34 valence electrons. The molecule has 0 rings (SSSR count). The molecule has 0 aliphatic heterocycles. The number of nitrogens with zero attached hydrogens (tertiary/aromatic N) is 1. The van der Waals surface area contributed by atoms with Crippen molar-refractivity contribution in [1.29, 1.82) is 5.26 Å². The van der Waals surface area contributed by atoms with E-state index < -0.39 is 7.32 Å². The van der Waals surface area contributed by atoms with E-state index in [4.69, 9.17) is 26.9 Å². The fourth-order valence-corrected chi connectivity index (χ4v) is 0. The minimum atomic E-state index is -2.42. The Morgan fingerprint density at radius 2 is 1.25 bits per heavy atom. The first-order chi connectivity index (χ1) is 2.73. The molecule has 0 fully saturated rings. The van der Waals surface area contributed by atoms with Gasteiger partial charge in [-0.05, 0) is 0 Å². The van der Waals surface area contributed by atoms with Crippen LogP contribution in [0.3, 0.4) is 0 Å². The van der Waals surface area contributed by atoms with E-state index in [0.29, 0.717) is 0 Å². The summed E-state index contributed by atoms with van der Waals surface area (Å²) >= 11 is 0. The first kappa shape index (κ1) is 22.7. The molecule has 2 N–H and O–H groups in total. The maximum atomic E-state index is 8.64. The minimum Gasteiger partial charge on any atom is -0.832 e. The summed E-state index contributed by atoms with van der Waals surface area (Å²) in [4.78, 5) is 0. The molecule has 4 nitrogen and oxygen atoms in total. The molecule has 0 spiro atoms. The normalized spacial score (nSPS) is 3.62. The van der Waals surface area contributed by atoms with Crippen LogP contribution in [0.4, 0.5) is 0 Å². The van der Waals surface area contributed by atoms with E-state index in [1.54, 1.807) is 0 Å². The monoisotopic (exact) mass is 133 g/mol. The molecule has 0 bridgehead atoms. The molecule has 0 aromatic carbocycles. The van der Waals surface area contributed by atoms with Crippen LogP contribution in [-0.4, -0.2) is 17.4 Å². The van der Waals surface area contributed by atoms with E-state index >= 15 is 0 Å². The van der Waals surface area contributed by atoms with Crippen LogP contribution in [-0.2, 0) is 0 Å². The summed E-state index contributed by atoms with van der Waals surface area (Å²) in [6.45, 7) is 4.75. The average Bonchev–Trinajstić information content (AvgIpc) is 1.41. The van der Waals surface area contributed by atoms with E-state index in [1.807, 2.05) is 0 Å². The summed E-state index contributed by atoms with van der Waals surface area (Å²) in [5.74, 6) is 0. The van der Waals surface area contributed by atoms with Crippen molar-refractivity contribution in [3.05, 3.63) is 6.57 Å². The zero-order valence-corrected chi connectivity index (χ0v) is 8.83. The van der Waals surface area contributed by atoms with Crippen molar-refractivity contribution in [1.82, 2.24) is 0 Å². The molecule has 0 aromatic heterocycles. The van der Waals surface area contributed by atoms with Crippen molar-refractivity contribution >= 4 is 7.32 Å². The molecule has 7 heteroatoms. The second kappa shape index (κ2) is 23.7. The zero-order valence-electron chi connectivity index (χ0n) is 4.83. The molecule has 0 radical (unpaired) electrons. The standard InChI is InChI=1S/CN.BH2O3.2Na/c1-2;2-1(3)4;;/h;2-3H;;/q2*-1;2*+1. The molecule has 8 heavy (non-hydrogen) atoms. The largest absolute Gasteiger partial charge is 1.00 e. The van der Waals surface area contributed by atoms with Gasteiger partial charge >= 0.3 is 66.4 Å². The Labute approximate surface area is 92.3 Å². The molecule has 0 saturated carbocycles. The van der Waals surface area contributed by atoms with Gasteiger partial charge in [-0.25, -0.2) is 0 Å². The van der Waals surface area contributed by atoms with E-state index in [9.17, 15) is 0 Å². The SMILES string of the molecule is [C-]#N.[Na+].[Na+].[O-]B(O)O. The van der Waals surface area contributed by atoms with Crippen molar-refractivity contribution < 1.29 is 74.2 Å². The molecular weight excluding hydrogens is 131 g/mol. The third kappa shape index (κ3) is 150. The third-order valence-corrected chi connectivity index (χ3v) is 0. The van der Waals surface area contributed by atoms with Crippen molar-refractivity contribution in [3.63, 3.8) is 0 Å². The Hall–Kier alpha value is 1.43. The molecular formula is CH2BNNa2O3. The third-order valence-electron chi connectivity index (χ3n) is 0. The minimum absolute atomic E-state index is 0. The summed E-state index contributed by atoms with van der Waals surface area (Å²) in [6, 6.07) is 0. The predicted molar refractivity (Wildman–Crippen MR) is 15.2 cm³/mol. The van der Waals surface area contributed by atoms with E-state index in [-0.39, 0.29) is 59.1 Å². The van der Waals surface area contributed by atoms with Gasteiger partial charge in [-0.3, -0.25) is 0 Å². The van der Waals surface area contributed by atoms with Crippen molar-refractivity contribution in [2.75, 3.05) is 0 Å². The first-order valence-corrected chi connectivity index (χ1v) is 0.976. The van der Waals surface area contributed by atoms with Gasteiger partial charge in [-0.15, -0.1) is 0 Å². The van der Waals surface area contributed by atoms with Crippen molar-refractivity contribution in [2.24, 2.45) is 0 Å². The maximum Gasteiger partial charge on any atom is 1.00 e. The second-order valence-corrected chi connectivity index (χ2v) is 0.326. The Bertz CT molecular complexity index is 38.8. The fourth-order valence-electron chi connectivity index (χ4n) is 0. The Balaban J connectivity index is -0.0000000183. The van der Waals surface area contributed by atoms with E-state index in [1.165, 1.54) is 0 Å². The molecule has 0 aromatic rings. The smallest absolute Gasteiger partial charge is 0.832 e. The first-order valence-electron chi connectivity index (χ1n) is 0.976. The van der Waals surface area contributed by atoms with Crippen LogP contribution in [0.15, 0.2) is 0 Å². The van der Waals surface area contributed by atoms with Gasteiger partial charge in [0.2, 0.25) is 0 Å². The molecule has 0 heterocycles. The zero-order chi connectivity index (χ0) is 5.58. The van der Waals surface area contributed by atoms with Crippen LogP contribution in [0.1, 0.15) is 0 Å². The molecule has 0 saturated heterocycles. The van der Waals surface area contributed by atoms with Crippen LogP contribution >= 0.6 is 0 Å². The van der Waals surface area contributed by atoms with Gasteiger partial charge in [-0.2, -0.15) is 0 Å². The summed E-state index contributed by atoms with van der Waals surface area (Å²) < 4.78 is 0. The van der Waals surface area contributed by atoms with Gasteiger partial charge in [0, 0.05) is 0 Å². The Morgan fingerprint density at radius 3 is 1.25 bits per heavy atom. The molecule has 0 aliphatic carbocycles. The molecule has 0 unspecified atom stereocenters. The van der Waals surface area contributed by atoms with Gasteiger partial charge in [0.15, 0.2) is 0 Å². The molecule has 0 atom stereocenters.